The van der Waals surface area contributed by atoms with Crippen molar-refractivity contribution in [1.82, 2.24) is 9.80 Å². The summed E-state index contributed by atoms with van der Waals surface area (Å²) in [5, 5.41) is 0.313. The van der Waals surface area contributed by atoms with Gasteiger partial charge in [-0.05, 0) is 18.8 Å². The SMILES string of the molecule is CCC(C([NH3+])=O)N1CC(CCN(C)C(=O)CBr)CC1=O. The smallest absolute Gasteiger partial charge is 0.331 e. The summed E-state index contributed by atoms with van der Waals surface area (Å²) in [6, 6.07) is -0.394. The maximum Gasteiger partial charge on any atom is 0.331 e. The molecule has 0 aliphatic carbocycles. The monoisotopic (exact) mass is 348 g/mol. The Kier molecular flexibility index (Phi) is 6.61. The van der Waals surface area contributed by atoms with Gasteiger partial charge in [-0.25, -0.2) is 4.79 Å². The van der Waals surface area contributed by atoms with Crippen molar-refractivity contribution in [2.24, 2.45) is 5.92 Å². The number of quaternary nitrogens is 1. The number of likely N-dealkylation sites (tertiary alicyclic amines) is 1. The molecule has 3 amide bonds. The first-order valence-electron chi connectivity index (χ1n) is 6.85. The van der Waals surface area contributed by atoms with E-state index in [0.29, 0.717) is 31.3 Å². The van der Waals surface area contributed by atoms with E-state index in [-0.39, 0.29) is 23.6 Å². The largest absolute Gasteiger partial charge is 0.345 e. The number of hydrogen-bond acceptors (Lipinski definition) is 3. The van der Waals surface area contributed by atoms with Crippen molar-refractivity contribution in [1.29, 1.82) is 0 Å². The standard InChI is InChI=1S/C13H22BrN3O3/c1-3-10(13(15)20)17-8-9(6-11(17)18)4-5-16(2)12(19)7-14/h9-10H,3-8H2,1-2H3,(H2,15,20)/p+1. The van der Waals surface area contributed by atoms with Crippen LogP contribution >= 0.6 is 15.9 Å². The zero-order valence-electron chi connectivity index (χ0n) is 12.1. The van der Waals surface area contributed by atoms with Crippen LogP contribution in [-0.4, -0.2) is 59.0 Å². The zero-order valence-corrected chi connectivity index (χ0v) is 13.7. The molecule has 1 saturated heterocycles. The molecule has 3 N–H and O–H groups in total. The Morgan fingerprint density at radius 2 is 2.20 bits per heavy atom. The number of carbonyl (C=O) groups is 3. The van der Waals surface area contributed by atoms with Gasteiger partial charge >= 0.3 is 5.91 Å². The number of nitrogens with zero attached hydrogens (tertiary/aromatic N) is 2. The van der Waals surface area contributed by atoms with Crippen molar-refractivity contribution in [3.8, 4) is 0 Å². The molecule has 20 heavy (non-hydrogen) atoms. The Morgan fingerprint density at radius 1 is 1.55 bits per heavy atom. The molecule has 1 heterocycles. The Hall–Kier alpha value is -0.950. The van der Waals surface area contributed by atoms with Gasteiger partial charge in [0.15, 0.2) is 0 Å². The fourth-order valence-electron chi connectivity index (χ4n) is 2.53. The van der Waals surface area contributed by atoms with Crippen LogP contribution in [-0.2, 0) is 14.4 Å². The Balaban J connectivity index is 2.51. The van der Waals surface area contributed by atoms with Crippen LogP contribution in [0.3, 0.4) is 0 Å². The molecule has 1 aliphatic heterocycles. The van der Waals surface area contributed by atoms with E-state index in [1.807, 2.05) is 6.92 Å². The molecule has 0 aromatic heterocycles. The van der Waals surface area contributed by atoms with Crippen LogP contribution in [0.15, 0.2) is 0 Å². The average Bonchev–Trinajstić information content (AvgIpc) is 2.77. The van der Waals surface area contributed by atoms with Crippen LogP contribution < -0.4 is 5.73 Å². The molecule has 0 aromatic carbocycles. The van der Waals surface area contributed by atoms with E-state index in [0.717, 1.165) is 6.42 Å². The van der Waals surface area contributed by atoms with Gasteiger partial charge in [0.25, 0.3) is 0 Å². The lowest BCUT2D eigenvalue weighted by molar-refractivity contribution is -0.311. The second kappa shape index (κ2) is 7.73. The first-order chi connectivity index (χ1) is 9.40. The molecule has 0 spiro atoms. The Bertz CT molecular complexity index is 389. The van der Waals surface area contributed by atoms with Crippen molar-refractivity contribution < 1.29 is 20.1 Å². The maximum atomic E-state index is 12.0. The molecule has 0 radical (unpaired) electrons. The Labute approximate surface area is 127 Å². The molecule has 0 aromatic rings. The molecule has 2 unspecified atom stereocenters. The van der Waals surface area contributed by atoms with E-state index in [9.17, 15) is 14.4 Å². The second-order valence-electron chi connectivity index (χ2n) is 5.24. The van der Waals surface area contributed by atoms with Gasteiger partial charge in [0.1, 0.15) is 6.04 Å². The van der Waals surface area contributed by atoms with E-state index in [4.69, 9.17) is 0 Å². The van der Waals surface area contributed by atoms with Gasteiger partial charge in [0, 0.05) is 26.6 Å². The number of carbonyl (C=O) groups excluding carboxylic acids is 3. The lowest BCUT2D eigenvalue weighted by Gasteiger charge is -2.23. The van der Waals surface area contributed by atoms with Gasteiger partial charge in [-0.3, -0.25) is 15.3 Å². The summed E-state index contributed by atoms with van der Waals surface area (Å²) in [4.78, 5) is 38.2. The maximum absolute atomic E-state index is 12.0. The van der Waals surface area contributed by atoms with Crippen LogP contribution in [0.25, 0.3) is 0 Å². The summed E-state index contributed by atoms with van der Waals surface area (Å²) in [6.45, 7) is 3.11. The topological polar surface area (TPSA) is 85.3 Å². The minimum atomic E-state index is -0.394. The van der Waals surface area contributed by atoms with E-state index in [1.54, 1.807) is 16.8 Å². The highest BCUT2D eigenvalue weighted by Gasteiger charge is 2.37. The molecular weight excluding hydrogens is 326 g/mol. The molecule has 1 aliphatic rings. The molecule has 0 saturated carbocycles. The molecule has 114 valence electrons. The lowest BCUT2D eigenvalue weighted by atomic mass is 10.0. The van der Waals surface area contributed by atoms with Crippen LogP contribution in [0.5, 0.6) is 0 Å². The van der Waals surface area contributed by atoms with Crippen molar-refractivity contribution in [3.05, 3.63) is 0 Å². The summed E-state index contributed by atoms with van der Waals surface area (Å²) in [7, 11) is 1.76. The van der Waals surface area contributed by atoms with E-state index in [2.05, 4.69) is 21.7 Å². The fraction of sp³-hybridized carbons (Fsp3) is 0.769. The number of rotatable bonds is 7. The van der Waals surface area contributed by atoms with Crippen LogP contribution in [0, 0.1) is 5.92 Å². The minimum absolute atomic E-state index is 0.0216. The predicted molar refractivity (Wildman–Crippen MR) is 77.8 cm³/mol. The molecular formula is C13H23BrN3O3+. The third kappa shape index (κ3) is 4.28. The van der Waals surface area contributed by atoms with E-state index < -0.39 is 6.04 Å². The number of hydrogen-bond donors (Lipinski definition) is 1. The quantitative estimate of drug-likeness (QED) is 0.636. The molecule has 0 bridgehead atoms. The summed E-state index contributed by atoms with van der Waals surface area (Å²) in [6.07, 6.45) is 1.84. The summed E-state index contributed by atoms with van der Waals surface area (Å²) >= 11 is 3.13. The number of alkyl halides is 1. The van der Waals surface area contributed by atoms with Crippen molar-refractivity contribution in [2.45, 2.75) is 32.2 Å². The third-order valence-electron chi connectivity index (χ3n) is 3.79. The molecule has 7 heteroatoms. The predicted octanol–water partition coefficient (Wildman–Crippen LogP) is -0.375. The third-order valence-corrected chi connectivity index (χ3v) is 4.27. The van der Waals surface area contributed by atoms with Gasteiger partial charge in [0.2, 0.25) is 11.8 Å². The average molecular weight is 349 g/mol. The molecule has 2 atom stereocenters. The molecule has 1 fully saturated rings. The van der Waals surface area contributed by atoms with Crippen molar-refractivity contribution >= 4 is 33.7 Å². The van der Waals surface area contributed by atoms with E-state index in [1.165, 1.54) is 0 Å². The summed E-state index contributed by atoms with van der Waals surface area (Å²) in [5.41, 5.74) is 3.43. The molecule has 6 nitrogen and oxygen atoms in total. The van der Waals surface area contributed by atoms with Crippen LogP contribution in [0.2, 0.25) is 0 Å². The van der Waals surface area contributed by atoms with E-state index >= 15 is 0 Å². The zero-order chi connectivity index (χ0) is 15.3. The van der Waals surface area contributed by atoms with Crippen LogP contribution in [0.4, 0.5) is 0 Å². The fourth-order valence-corrected chi connectivity index (χ4v) is 2.96. The first kappa shape index (κ1) is 17.1. The van der Waals surface area contributed by atoms with Gasteiger partial charge in [-0.15, -0.1) is 0 Å². The summed E-state index contributed by atoms with van der Waals surface area (Å²) < 4.78 is 0. The summed E-state index contributed by atoms with van der Waals surface area (Å²) in [5.74, 6) is 0.0634. The van der Waals surface area contributed by atoms with Gasteiger partial charge in [-0.1, -0.05) is 22.9 Å². The highest BCUT2D eigenvalue weighted by molar-refractivity contribution is 9.09. The van der Waals surface area contributed by atoms with Gasteiger partial charge < -0.3 is 9.80 Å². The first-order valence-corrected chi connectivity index (χ1v) is 7.98. The second-order valence-corrected chi connectivity index (χ2v) is 5.80. The molecule has 1 rings (SSSR count). The van der Waals surface area contributed by atoms with Gasteiger partial charge in [0.05, 0.1) is 5.33 Å². The minimum Gasteiger partial charge on any atom is -0.345 e. The lowest BCUT2D eigenvalue weighted by Crippen LogP contribution is -2.66. The van der Waals surface area contributed by atoms with Crippen molar-refractivity contribution in [2.75, 3.05) is 25.5 Å². The van der Waals surface area contributed by atoms with Crippen molar-refractivity contribution in [3.63, 3.8) is 0 Å². The highest BCUT2D eigenvalue weighted by atomic mass is 79.9. The highest BCUT2D eigenvalue weighted by Crippen LogP contribution is 2.24. The Morgan fingerprint density at radius 3 is 2.70 bits per heavy atom. The normalized spacial score (nSPS) is 20.1. The number of halogens is 1. The van der Waals surface area contributed by atoms with Gasteiger partial charge in [-0.2, -0.15) is 0 Å². The van der Waals surface area contributed by atoms with Crippen LogP contribution in [0.1, 0.15) is 26.2 Å². The number of amides is 3.